The van der Waals surface area contributed by atoms with E-state index in [1.807, 2.05) is 12.1 Å². The minimum Gasteiger partial charge on any atom is -0.497 e. The molecule has 1 saturated heterocycles. The normalized spacial score (nSPS) is 15.7. The number of ether oxygens (including phenoxy) is 2. The van der Waals surface area contributed by atoms with E-state index >= 15 is 0 Å². The molecule has 5 nitrogen and oxygen atoms in total. The van der Waals surface area contributed by atoms with Crippen molar-refractivity contribution in [1.29, 1.82) is 0 Å². The molecule has 0 aliphatic carbocycles. The van der Waals surface area contributed by atoms with E-state index in [1.54, 1.807) is 19.2 Å². The van der Waals surface area contributed by atoms with E-state index in [2.05, 4.69) is 21.9 Å². The summed E-state index contributed by atoms with van der Waals surface area (Å²) in [4.78, 5) is 4.57. The average Bonchev–Trinajstić information content (AvgIpc) is 2.68. The van der Waals surface area contributed by atoms with Crippen molar-refractivity contribution >= 4 is 18.1 Å². The lowest BCUT2D eigenvalue weighted by atomic mass is 10.2. The number of methoxy groups -OCH3 is 1. The zero-order valence-electron chi connectivity index (χ0n) is 15.4. The first-order chi connectivity index (χ1) is 12.6. The highest BCUT2D eigenvalue weighted by Crippen LogP contribution is 2.20. The van der Waals surface area contributed by atoms with Gasteiger partial charge >= 0.3 is 0 Å². The van der Waals surface area contributed by atoms with E-state index in [0.717, 1.165) is 31.9 Å². The van der Waals surface area contributed by atoms with Gasteiger partial charge in [-0.05, 0) is 48.5 Å². The minimum atomic E-state index is -0.576. The highest BCUT2D eigenvalue weighted by molar-refractivity contribution is 5.85. The molecule has 148 valence electrons. The van der Waals surface area contributed by atoms with E-state index in [4.69, 9.17) is 9.47 Å². The van der Waals surface area contributed by atoms with Gasteiger partial charge in [-0.3, -0.25) is 4.90 Å². The zero-order chi connectivity index (χ0) is 18.4. The van der Waals surface area contributed by atoms with Crippen molar-refractivity contribution in [2.24, 2.45) is 0 Å². The number of hydrogen-bond donors (Lipinski definition) is 1. The average molecular weight is 397 g/mol. The highest BCUT2D eigenvalue weighted by Gasteiger charge is 2.19. The maximum atomic E-state index is 12.9. The van der Waals surface area contributed by atoms with Gasteiger partial charge < -0.3 is 19.5 Å². The van der Waals surface area contributed by atoms with E-state index < -0.39 is 6.10 Å². The Morgan fingerprint density at radius 3 is 2.15 bits per heavy atom. The molecule has 1 heterocycles. The molecule has 1 unspecified atom stereocenters. The van der Waals surface area contributed by atoms with Crippen LogP contribution in [0.4, 0.5) is 10.1 Å². The molecule has 1 aliphatic rings. The number of halogens is 2. The van der Waals surface area contributed by atoms with Crippen LogP contribution in [0.1, 0.15) is 0 Å². The Bertz CT molecular complexity index is 677. The van der Waals surface area contributed by atoms with E-state index in [1.165, 1.54) is 17.8 Å². The number of benzene rings is 2. The molecule has 2 aromatic rings. The number of hydrogen-bond acceptors (Lipinski definition) is 5. The number of piperazine rings is 1. The Hall–Kier alpha value is -2.02. The Labute approximate surface area is 165 Å². The van der Waals surface area contributed by atoms with Crippen LogP contribution in [-0.2, 0) is 0 Å². The van der Waals surface area contributed by atoms with Crippen LogP contribution in [0.5, 0.6) is 11.5 Å². The molecular formula is C20H26ClFN2O3. The molecular weight excluding hydrogens is 371 g/mol. The maximum Gasteiger partial charge on any atom is 0.123 e. The van der Waals surface area contributed by atoms with E-state index in [0.29, 0.717) is 12.3 Å². The minimum absolute atomic E-state index is 0. The van der Waals surface area contributed by atoms with Gasteiger partial charge in [0.2, 0.25) is 0 Å². The maximum absolute atomic E-state index is 12.9. The Balaban J connectivity index is 0.00000261. The van der Waals surface area contributed by atoms with Gasteiger partial charge in [-0.2, -0.15) is 0 Å². The van der Waals surface area contributed by atoms with Crippen LogP contribution in [0.25, 0.3) is 0 Å². The lowest BCUT2D eigenvalue weighted by molar-refractivity contribution is 0.0663. The van der Waals surface area contributed by atoms with Crippen molar-refractivity contribution in [1.82, 2.24) is 4.90 Å². The van der Waals surface area contributed by atoms with Crippen LogP contribution in [0.3, 0.4) is 0 Å². The van der Waals surface area contributed by atoms with Crippen molar-refractivity contribution in [2.45, 2.75) is 6.10 Å². The van der Waals surface area contributed by atoms with Crippen LogP contribution in [0, 0.1) is 5.82 Å². The molecule has 1 atom stereocenters. The summed E-state index contributed by atoms with van der Waals surface area (Å²) < 4.78 is 23.6. The molecule has 1 aliphatic heterocycles. The second kappa shape index (κ2) is 10.3. The SMILES string of the molecule is COc1ccc(N2CCN(CC(O)COc3ccc(F)cc3)CC2)cc1.Cl. The summed E-state index contributed by atoms with van der Waals surface area (Å²) >= 11 is 0. The third-order valence-corrected chi connectivity index (χ3v) is 4.53. The first-order valence-corrected chi connectivity index (χ1v) is 8.82. The van der Waals surface area contributed by atoms with Gasteiger partial charge in [-0.1, -0.05) is 0 Å². The predicted octanol–water partition coefficient (Wildman–Crippen LogP) is 2.82. The quantitative estimate of drug-likeness (QED) is 0.779. The molecule has 2 aromatic carbocycles. The Morgan fingerprint density at radius 2 is 1.56 bits per heavy atom. The summed E-state index contributed by atoms with van der Waals surface area (Å²) in [6.45, 7) is 4.37. The molecule has 7 heteroatoms. The number of anilines is 1. The lowest BCUT2D eigenvalue weighted by Crippen LogP contribution is -2.49. The van der Waals surface area contributed by atoms with Crippen molar-refractivity contribution in [2.75, 3.05) is 51.3 Å². The molecule has 27 heavy (non-hydrogen) atoms. The van der Waals surface area contributed by atoms with Gasteiger partial charge in [0.25, 0.3) is 0 Å². The van der Waals surface area contributed by atoms with Gasteiger partial charge in [0.05, 0.1) is 7.11 Å². The molecule has 1 N–H and O–H groups in total. The monoisotopic (exact) mass is 396 g/mol. The van der Waals surface area contributed by atoms with Crippen LogP contribution in [0.2, 0.25) is 0 Å². The summed E-state index contributed by atoms with van der Waals surface area (Å²) in [5.74, 6) is 1.12. The molecule has 0 bridgehead atoms. The highest BCUT2D eigenvalue weighted by atomic mass is 35.5. The second-order valence-corrected chi connectivity index (χ2v) is 6.40. The molecule has 0 saturated carbocycles. The summed E-state index contributed by atoms with van der Waals surface area (Å²) in [6, 6.07) is 13.9. The predicted molar refractivity (Wildman–Crippen MR) is 107 cm³/mol. The smallest absolute Gasteiger partial charge is 0.123 e. The molecule has 0 spiro atoms. The Kier molecular flexibility index (Phi) is 8.16. The zero-order valence-corrected chi connectivity index (χ0v) is 16.2. The fourth-order valence-electron chi connectivity index (χ4n) is 3.06. The lowest BCUT2D eigenvalue weighted by Gasteiger charge is -2.36. The van der Waals surface area contributed by atoms with Crippen molar-refractivity contribution in [3.63, 3.8) is 0 Å². The van der Waals surface area contributed by atoms with Crippen molar-refractivity contribution in [3.8, 4) is 11.5 Å². The van der Waals surface area contributed by atoms with Crippen LogP contribution >= 0.6 is 12.4 Å². The first kappa shape index (κ1) is 21.3. The first-order valence-electron chi connectivity index (χ1n) is 8.82. The molecule has 0 radical (unpaired) electrons. The summed E-state index contributed by atoms with van der Waals surface area (Å²) in [6.07, 6.45) is -0.576. The van der Waals surface area contributed by atoms with Crippen molar-refractivity contribution < 1.29 is 19.0 Å². The van der Waals surface area contributed by atoms with Gasteiger partial charge in [0, 0.05) is 38.4 Å². The van der Waals surface area contributed by atoms with Crippen LogP contribution < -0.4 is 14.4 Å². The molecule has 1 fully saturated rings. The number of β-amino-alcohol motifs (C(OH)–C–C–N with tert-alkyl or cyclic N) is 1. The fraction of sp³-hybridized carbons (Fsp3) is 0.400. The third kappa shape index (κ3) is 6.27. The summed E-state index contributed by atoms with van der Waals surface area (Å²) in [5, 5.41) is 10.2. The molecule has 0 aromatic heterocycles. The number of nitrogens with zero attached hydrogens (tertiary/aromatic N) is 2. The van der Waals surface area contributed by atoms with Crippen LogP contribution in [0.15, 0.2) is 48.5 Å². The van der Waals surface area contributed by atoms with Gasteiger partial charge in [-0.25, -0.2) is 4.39 Å². The summed E-state index contributed by atoms with van der Waals surface area (Å²) in [5.41, 5.74) is 1.19. The van der Waals surface area contributed by atoms with Gasteiger partial charge in [-0.15, -0.1) is 12.4 Å². The number of aliphatic hydroxyl groups excluding tert-OH is 1. The van der Waals surface area contributed by atoms with Crippen LogP contribution in [-0.4, -0.2) is 62.6 Å². The summed E-state index contributed by atoms with van der Waals surface area (Å²) in [7, 11) is 1.67. The standard InChI is InChI=1S/C20H25FN2O3.ClH/c1-25-19-8-4-17(5-9-19)23-12-10-22(11-13-23)14-18(24)15-26-20-6-2-16(21)3-7-20;/h2-9,18,24H,10-15H2,1H3;1H. The third-order valence-electron chi connectivity index (χ3n) is 4.53. The Morgan fingerprint density at radius 1 is 0.963 bits per heavy atom. The van der Waals surface area contributed by atoms with Gasteiger partial charge in [0.1, 0.15) is 30.0 Å². The van der Waals surface area contributed by atoms with E-state index in [-0.39, 0.29) is 24.8 Å². The molecule has 3 rings (SSSR count). The topological polar surface area (TPSA) is 45.2 Å². The molecule has 0 amide bonds. The fourth-order valence-corrected chi connectivity index (χ4v) is 3.06. The largest absolute Gasteiger partial charge is 0.497 e. The second-order valence-electron chi connectivity index (χ2n) is 6.40. The number of aliphatic hydroxyl groups is 1. The van der Waals surface area contributed by atoms with E-state index in [9.17, 15) is 9.50 Å². The van der Waals surface area contributed by atoms with Crippen molar-refractivity contribution in [3.05, 3.63) is 54.3 Å². The number of rotatable bonds is 7. The van der Waals surface area contributed by atoms with Gasteiger partial charge in [0.15, 0.2) is 0 Å².